The van der Waals surface area contributed by atoms with Crippen LogP contribution >= 0.6 is 11.6 Å². The fourth-order valence-electron chi connectivity index (χ4n) is 1.62. The third kappa shape index (κ3) is 2.83. The number of sulfonamides is 1. The molecule has 0 aliphatic carbocycles. The number of halogens is 2. The number of rotatable bonds is 3. The number of hydrogen-bond acceptors (Lipinski definition) is 4. The summed E-state index contributed by atoms with van der Waals surface area (Å²) in [5.41, 5.74) is 5.54. The predicted molar refractivity (Wildman–Crippen MR) is 75.6 cm³/mol. The van der Waals surface area contributed by atoms with Crippen molar-refractivity contribution in [1.82, 2.24) is 4.98 Å². The molecule has 1 aromatic heterocycles. The first-order valence-electron chi connectivity index (χ1n) is 5.50. The molecule has 0 aliphatic heterocycles. The Labute approximate surface area is 120 Å². The summed E-state index contributed by atoms with van der Waals surface area (Å²) in [6, 6.07) is 5.14. The second-order valence-electron chi connectivity index (χ2n) is 4.09. The van der Waals surface area contributed by atoms with Crippen molar-refractivity contribution in [2.45, 2.75) is 11.8 Å². The summed E-state index contributed by atoms with van der Waals surface area (Å²) in [7, 11) is -3.93. The van der Waals surface area contributed by atoms with Crippen LogP contribution in [-0.2, 0) is 10.0 Å². The second kappa shape index (κ2) is 5.26. The molecule has 1 aromatic carbocycles. The zero-order chi connectivity index (χ0) is 14.9. The van der Waals surface area contributed by atoms with Gasteiger partial charge in [-0.3, -0.25) is 4.72 Å². The summed E-state index contributed by atoms with van der Waals surface area (Å²) in [5.74, 6) is -0.666. The molecule has 2 aromatic rings. The molecule has 0 aliphatic rings. The van der Waals surface area contributed by atoms with E-state index in [1.165, 1.54) is 25.3 Å². The summed E-state index contributed by atoms with van der Waals surface area (Å²) < 4.78 is 40.1. The van der Waals surface area contributed by atoms with Crippen LogP contribution in [0.2, 0.25) is 5.15 Å². The van der Waals surface area contributed by atoms with Gasteiger partial charge in [0.15, 0.2) is 5.15 Å². The Morgan fingerprint density at radius 1 is 1.40 bits per heavy atom. The molecule has 5 nitrogen and oxygen atoms in total. The van der Waals surface area contributed by atoms with Gasteiger partial charge in [0.2, 0.25) is 0 Å². The van der Waals surface area contributed by atoms with Gasteiger partial charge in [-0.05, 0) is 36.8 Å². The molecule has 0 fully saturated rings. The molecule has 0 bridgehead atoms. The molecule has 20 heavy (non-hydrogen) atoms. The lowest BCUT2D eigenvalue weighted by Crippen LogP contribution is -2.15. The Bertz CT molecular complexity index is 765. The van der Waals surface area contributed by atoms with Crippen molar-refractivity contribution < 1.29 is 12.8 Å². The fraction of sp³-hybridized carbons (Fsp3) is 0.0833. The number of nitrogens with zero attached hydrogens (tertiary/aromatic N) is 1. The van der Waals surface area contributed by atoms with Gasteiger partial charge in [-0.1, -0.05) is 11.6 Å². The topological polar surface area (TPSA) is 85.1 Å². The van der Waals surface area contributed by atoms with Gasteiger partial charge in [0.05, 0.1) is 16.3 Å². The quantitative estimate of drug-likeness (QED) is 0.673. The van der Waals surface area contributed by atoms with E-state index < -0.39 is 15.8 Å². The molecule has 8 heteroatoms. The highest BCUT2D eigenvalue weighted by molar-refractivity contribution is 7.92. The maximum absolute atomic E-state index is 13.3. The SMILES string of the molecule is Cc1cc(F)c(N)cc1S(=O)(=O)Nc1cccnc1Cl. The molecule has 0 atom stereocenters. The van der Waals surface area contributed by atoms with Crippen LogP contribution in [0.15, 0.2) is 35.4 Å². The number of pyridine rings is 1. The van der Waals surface area contributed by atoms with E-state index in [0.717, 1.165) is 12.1 Å². The fourth-order valence-corrected chi connectivity index (χ4v) is 3.17. The highest BCUT2D eigenvalue weighted by Crippen LogP contribution is 2.26. The average Bonchev–Trinajstić information content (AvgIpc) is 2.36. The monoisotopic (exact) mass is 315 g/mol. The minimum Gasteiger partial charge on any atom is -0.396 e. The van der Waals surface area contributed by atoms with Crippen molar-refractivity contribution in [2.24, 2.45) is 0 Å². The third-order valence-corrected chi connectivity index (χ3v) is 4.40. The highest BCUT2D eigenvalue weighted by atomic mass is 35.5. The van der Waals surface area contributed by atoms with E-state index in [4.69, 9.17) is 17.3 Å². The molecule has 0 saturated carbocycles. The van der Waals surface area contributed by atoms with Crippen molar-refractivity contribution in [1.29, 1.82) is 0 Å². The standard InChI is InChI=1S/C12H11ClFN3O2S/c1-7-5-8(14)9(15)6-11(7)20(18,19)17-10-3-2-4-16-12(10)13/h2-6,17H,15H2,1H3. The number of nitrogens with two attached hydrogens (primary N) is 1. The predicted octanol–water partition coefficient (Wildman–Crippen LogP) is 2.57. The van der Waals surface area contributed by atoms with Crippen LogP contribution in [0.5, 0.6) is 0 Å². The van der Waals surface area contributed by atoms with Gasteiger partial charge in [-0.2, -0.15) is 0 Å². The number of nitrogens with one attached hydrogen (secondary N) is 1. The van der Waals surface area contributed by atoms with Gasteiger partial charge < -0.3 is 5.73 Å². The van der Waals surface area contributed by atoms with Crippen molar-refractivity contribution >= 4 is 33.0 Å². The van der Waals surface area contributed by atoms with Gasteiger partial charge in [-0.15, -0.1) is 0 Å². The van der Waals surface area contributed by atoms with E-state index in [-0.39, 0.29) is 27.0 Å². The van der Waals surface area contributed by atoms with Crippen LogP contribution in [0.4, 0.5) is 15.8 Å². The molecule has 0 amide bonds. The molecular formula is C12H11ClFN3O2S. The number of anilines is 2. The number of benzene rings is 1. The summed E-state index contributed by atoms with van der Waals surface area (Å²) in [6.45, 7) is 1.47. The first-order chi connectivity index (χ1) is 9.31. The number of hydrogen-bond donors (Lipinski definition) is 2. The van der Waals surface area contributed by atoms with E-state index >= 15 is 0 Å². The Morgan fingerprint density at radius 3 is 2.75 bits per heavy atom. The van der Waals surface area contributed by atoms with E-state index in [1.807, 2.05) is 0 Å². The minimum absolute atomic E-state index is 0.0174. The molecule has 0 saturated heterocycles. The third-order valence-electron chi connectivity index (χ3n) is 2.59. The van der Waals surface area contributed by atoms with Gasteiger partial charge in [0.25, 0.3) is 10.0 Å². The van der Waals surface area contributed by atoms with E-state index in [1.54, 1.807) is 0 Å². The Balaban J connectivity index is 2.47. The Morgan fingerprint density at radius 2 is 2.10 bits per heavy atom. The molecule has 0 unspecified atom stereocenters. The van der Waals surface area contributed by atoms with Crippen molar-refractivity contribution in [3.63, 3.8) is 0 Å². The van der Waals surface area contributed by atoms with Crippen LogP contribution in [0.25, 0.3) is 0 Å². The van der Waals surface area contributed by atoms with Gasteiger partial charge >= 0.3 is 0 Å². The summed E-state index contributed by atoms with van der Waals surface area (Å²) >= 11 is 5.79. The maximum atomic E-state index is 13.3. The molecule has 3 N–H and O–H groups in total. The zero-order valence-electron chi connectivity index (χ0n) is 10.4. The Kier molecular flexibility index (Phi) is 3.82. The largest absolute Gasteiger partial charge is 0.396 e. The number of aryl methyl sites for hydroxylation is 1. The van der Waals surface area contributed by atoms with Crippen LogP contribution in [0.3, 0.4) is 0 Å². The normalized spacial score (nSPS) is 11.3. The van der Waals surface area contributed by atoms with E-state index in [2.05, 4.69) is 9.71 Å². The summed E-state index contributed by atoms with van der Waals surface area (Å²) in [6.07, 6.45) is 1.43. The average molecular weight is 316 g/mol. The van der Waals surface area contributed by atoms with Crippen molar-refractivity contribution in [3.8, 4) is 0 Å². The number of aromatic nitrogens is 1. The maximum Gasteiger partial charge on any atom is 0.262 e. The van der Waals surface area contributed by atoms with Crippen LogP contribution < -0.4 is 10.5 Å². The van der Waals surface area contributed by atoms with E-state index in [0.29, 0.717) is 0 Å². The van der Waals surface area contributed by atoms with Gasteiger partial charge in [0, 0.05) is 6.20 Å². The first kappa shape index (κ1) is 14.5. The van der Waals surface area contributed by atoms with Gasteiger partial charge in [0.1, 0.15) is 5.82 Å². The summed E-state index contributed by atoms with van der Waals surface area (Å²) in [5, 5.41) is 0.0174. The first-order valence-corrected chi connectivity index (χ1v) is 7.36. The van der Waals surface area contributed by atoms with Crippen molar-refractivity contribution in [2.75, 3.05) is 10.5 Å². The summed E-state index contributed by atoms with van der Waals surface area (Å²) in [4.78, 5) is 3.65. The molecule has 0 spiro atoms. The molecule has 106 valence electrons. The lowest BCUT2D eigenvalue weighted by Gasteiger charge is -2.12. The zero-order valence-corrected chi connectivity index (χ0v) is 12.0. The smallest absolute Gasteiger partial charge is 0.262 e. The second-order valence-corrected chi connectivity index (χ2v) is 6.10. The van der Waals surface area contributed by atoms with Crippen molar-refractivity contribution in [3.05, 3.63) is 47.0 Å². The Hall–Kier alpha value is -1.86. The molecule has 0 radical (unpaired) electrons. The number of nitrogen functional groups attached to an aromatic ring is 1. The molecule has 2 rings (SSSR count). The minimum atomic E-state index is -3.93. The van der Waals surface area contributed by atoms with Crippen LogP contribution in [0, 0.1) is 12.7 Å². The molecule has 1 heterocycles. The van der Waals surface area contributed by atoms with Gasteiger partial charge in [-0.25, -0.2) is 17.8 Å². The van der Waals surface area contributed by atoms with Crippen LogP contribution in [-0.4, -0.2) is 13.4 Å². The van der Waals surface area contributed by atoms with Crippen LogP contribution in [0.1, 0.15) is 5.56 Å². The lowest BCUT2D eigenvalue weighted by atomic mass is 10.2. The molecular weight excluding hydrogens is 305 g/mol. The lowest BCUT2D eigenvalue weighted by molar-refractivity contribution is 0.599. The highest BCUT2D eigenvalue weighted by Gasteiger charge is 2.20. The van der Waals surface area contributed by atoms with E-state index in [9.17, 15) is 12.8 Å².